The Morgan fingerprint density at radius 1 is 1.09 bits per heavy atom. The standard InChI is InChI=1S/C17H18N4S/c1-11(2)17-19-10-14(22-17)13-5-4-6-15(20-13)21-16-9-12(3)7-8-18-16/h4-11H,1-3H3,(H,18,20,21). The van der Waals surface area contributed by atoms with E-state index in [-0.39, 0.29) is 0 Å². The van der Waals surface area contributed by atoms with Crippen molar-refractivity contribution in [1.29, 1.82) is 0 Å². The first-order valence-corrected chi connectivity index (χ1v) is 8.06. The molecule has 0 fully saturated rings. The first-order valence-electron chi connectivity index (χ1n) is 7.24. The van der Waals surface area contributed by atoms with Crippen LogP contribution in [0, 0.1) is 6.92 Å². The van der Waals surface area contributed by atoms with Crippen LogP contribution in [0.2, 0.25) is 0 Å². The van der Waals surface area contributed by atoms with Crippen LogP contribution in [0.5, 0.6) is 0 Å². The molecule has 3 aromatic heterocycles. The molecule has 112 valence electrons. The zero-order valence-corrected chi connectivity index (χ0v) is 13.7. The van der Waals surface area contributed by atoms with Gasteiger partial charge < -0.3 is 5.32 Å². The second kappa shape index (κ2) is 6.23. The highest BCUT2D eigenvalue weighted by Gasteiger charge is 2.09. The summed E-state index contributed by atoms with van der Waals surface area (Å²) in [7, 11) is 0. The lowest BCUT2D eigenvalue weighted by atomic mass is 10.2. The first kappa shape index (κ1) is 14.7. The number of hydrogen-bond acceptors (Lipinski definition) is 5. The Morgan fingerprint density at radius 3 is 2.68 bits per heavy atom. The van der Waals surface area contributed by atoms with E-state index in [4.69, 9.17) is 0 Å². The van der Waals surface area contributed by atoms with Crippen LogP contribution in [0.25, 0.3) is 10.6 Å². The Labute approximate surface area is 134 Å². The molecule has 4 nitrogen and oxygen atoms in total. The van der Waals surface area contributed by atoms with Crippen LogP contribution in [0.4, 0.5) is 11.6 Å². The van der Waals surface area contributed by atoms with Gasteiger partial charge in [0, 0.05) is 18.3 Å². The van der Waals surface area contributed by atoms with Gasteiger partial charge in [0.15, 0.2) is 0 Å². The summed E-state index contributed by atoms with van der Waals surface area (Å²) < 4.78 is 0. The highest BCUT2D eigenvalue weighted by molar-refractivity contribution is 7.15. The summed E-state index contributed by atoms with van der Waals surface area (Å²) in [6.45, 7) is 6.34. The molecule has 0 amide bonds. The van der Waals surface area contributed by atoms with Crippen molar-refractivity contribution in [2.24, 2.45) is 0 Å². The van der Waals surface area contributed by atoms with E-state index >= 15 is 0 Å². The third kappa shape index (κ3) is 3.31. The van der Waals surface area contributed by atoms with Gasteiger partial charge in [-0.15, -0.1) is 11.3 Å². The van der Waals surface area contributed by atoms with Crippen molar-refractivity contribution in [2.75, 3.05) is 5.32 Å². The molecule has 0 aliphatic heterocycles. The molecular weight excluding hydrogens is 292 g/mol. The number of hydrogen-bond donors (Lipinski definition) is 1. The van der Waals surface area contributed by atoms with E-state index in [1.807, 2.05) is 43.5 Å². The van der Waals surface area contributed by atoms with Crippen molar-refractivity contribution in [2.45, 2.75) is 26.7 Å². The topological polar surface area (TPSA) is 50.7 Å². The van der Waals surface area contributed by atoms with Crippen LogP contribution in [-0.2, 0) is 0 Å². The fourth-order valence-corrected chi connectivity index (χ4v) is 2.94. The van der Waals surface area contributed by atoms with Gasteiger partial charge in [-0.05, 0) is 36.8 Å². The van der Waals surface area contributed by atoms with E-state index in [1.54, 1.807) is 17.5 Å². The number of aryl methyl sites for hydroxylation is 1. The molecule has 0 saturated carbocycles. The molecule has 22 heavy (non-hydrogen) atoms. The van der Waals surface area contributed by atoms with Gasteiger partial charge >= 0.3 is 0 Å². The minimum atomic E-state index is 0.441. The van der Waals surface area contributed by atoms with Gasteiger partial charge in [-0.25, -0.2) is 15.0 Å². The largest absolute Gasteiger partial charge is 0.325 e. The first-order chi connectivity index (χ1) is 10.6. The van der Waals surface area contributed by atoms with Crippen LogP contribution >= 0.6 is 11.3 Å². The van der Waals surface area contributed by atoms with E-state index < -0.39 is 0 Å². The summed E-state index contributed by atoms with van der Waals surface area (Å²) in [6.07, 6.45) is 3.69. The minimum Gasteiger partial charge on any atom is -0.325 e. The number of nitrogens with one attached hydrogen (secondary N) is 1. The van der Waals surface area contributed by atoms with Crippen LogP contribution in [0.15, 0.2) is 42.7 Å². The van der Waals surface area contributed by atoms with Crippen LogP contribution in [0.3, 0.4) is 0 Å². The predicted octanol–water partition coefficient (Wildman–Crippen LogP) is 4.78. The normalized spacial score (nSPS) is 10.9. The van der Waals surface area contributed by atoms with Crippen LogP contribution in [0.1, 0.15) is 30.3 Å². The summed E-state index contributed by atoms with van der Waals surface area (Å²) >= 11 is 1.69. The molecule has 3 aromatic rings. The van der Waals surface area contributed by atoms with Crippen molar-refractivity contribution in [3.8, 4) is 10.6 Å². The molecule has 0 aliphatic carbocycles. The predicted molar refractivity (Wildman–Crippen MR) is 91.7 cm³/mol. The van der Waals surface area contributed by atoms with Gasteiger partial charge in [0.05, 0.1) is 15.6 Å². The summed E-state index contributed by atoms with van der Waals surface area (Å²) in [5.74, 6) is 2.03. The van der Waals surface area contributed by atoms with E-state index in [0.29, 0.717) is 5.92 Å². The molecule has 5 heteroatoms. The SMILES string of the molecule is Cc1ccnc(Nc2cccc(-c3cnc(C(C)C)s3)n2)c1. The fourth-order valence-electron chi connectivity index (χ4n) is 2.05. The Kier molecular flexibility index (Phi) is 4.15. The van der Waals surface area contributed by atoms with E-state index in [9.17, 15) is 0 Å². The zero-order chi connectivity index (χ0) is 15.5. The fraction of sp³-hybridized carbons (Fsp3) is 0.235. The maximum absolute atomic E-state index is 4.66. The molecule has 0 radical (unpaired) electrons. The van der Waals surface area contributed by atoms with Crippen molar-refractivity contribution < 1.29 is 0 Å². The van der Waals surface area contributed by atoms with E-state index in [0.717, 1.165) is 32.8 Å². The van der Waals surface area contributed by atoms with Gasteiger partial charge in [0.25, 0.3) is 0 Å². The molecule has 3 heterocycles. The Morgan fingerprint density at radius 2 is 1.95 bits per heavy atom. The van der Waals surface area contributed by atoms with Crippen molar-refractivity contribution in [3.05, 3.63) is 53.3 Å². The number of thiazole rings is 1. The smallest absolute Gasteiger partial charge is 0.132 e. The average molecular weight is 310 g/mol. The lowest BCUT2D eigenvalue weighted by molar-refractivity contribution is 0.852. The molecule has 0 unspecified atom stereocenters. The third-order valence-electron chi connectivity index (χ3n) is 3.19. The molecular formula is C17H18N4S. The van der Waals surface area contributed by atoms with Gasteiger partial charge in [-0.1, -0.05) is 19.9 Å². The van der Waals surface area contributed by atoms with Crippen LogP contribution in [-0.4, -0.2) is 15.0 Å². The van der Waals surface area contributed by atoms with Gasteiger partial charge in [0.2, 0.25) is 0 Å². The van der Waals surface area contributed by atoms with Gasteiger partial charge in [-0.2, -0.15) is 0 Å². The van der Waals surface area contributed by atoms with Crippen molar-refractivity contribution in [3.63, 3.8) is 0 Å². The lowest BCUT2D eigenvalue weighted by Gasteiger charge is -2.06. The molecule has 0 aliphatic rings. The number of anilines is 2. The second-order valence-corrected chi connectivity index (χ2v) is 6.53. The number of rotatable bonds is 4. The number of pyridine rings is 2. The quantitative estimate of drug-likeness (QED) is 0.753. The molecule has 0 saturated heterocycles. The molecule has 0 atom stereocenters. The van der Waals surface area contributed by atoms with Crippen LogP contribution < -0.4 is 5.32 Å². The average Bonchev–Trinajstić information content (AvgIpc) is 2.97. The maximum Gasteiger partial charge on any atom is 0.132 e. The second-order valence-electron chi connectivity index (χ2n) is 5.47. The molecule has 0 aromatic carbocycles. The Bertz CT molecular complexity index is 780. The summed E-state index contributed by atoms with van der Waals surface area (Å²) in [5, 5.41) is 4.38. The van der Waals surface area contributed by atoms with Crippen molar-refractivity contribution in [1.82, 2.24) is 15.0 Å². The summed E-state index contributed by atoms with van der Waals surface area (Å²) in [5.41, 5.74) is 2.10. The molecule has 0 bridgehead atoms. The number of aromatic nitrogens is 3. The maximum atomic E-state index is 4.66. The number of nitrogens with zero attached hydrogens (tertiary/aromatic N) is 3. The summed E-state index contributed by atoms with van der Waals surface area (Å²) in [6, 6.07) is 9.91. The van der Waals surface area contributed by atoms with E-state index in [1.165, 1.54) is 0 Å². The lowest BCUT2D eigenvalue weighted by Crippen LogP contribution is -1.96. The van der Waals surface area contributed by atoms with Gasteiger partial charge in [-0.3, -0.25) is 0 Å². The Balaban J connectivity index is 1.85. The Hall–Kier alpha value is -2.27. The molecule has 3 rings (SSSR count). The third-order valence-corrected chi connectivity index (χ3v) is 4.51. The highest BCUT2D eigenvalue weighted by atomic mass is 32.1. The highest BCUT2D eigenvalue weighted by Crippen LogP contribution is 2.29. The van der Waals surface area contributed by atoms with Gasteiger partial charge in [0.1, 0.15) is 11.6 Å². The summed E-state index contributed by atoms with van der Waals surface area (Å²) in [4.78, 5) is 14.5. The monoisotopic (exact) mass is 310 g/mol. The molecule has 1 N–H and O–H groups in total. The zero-order valence-electron chi connectivity index (χ0n) is 12.9. The van der Waals surface area contributed by atoms with E-state index in [2.05, 4.69) is 34.1 Å². The van der Waals surface area contributed by atoms with Crippen molar-refractivity contribution >= 4 is 23.0 Å². The molecule has 0 spiro atoms. The minimum absolute atomic E-state index is 0.441.